The molecule has 1 atom stereocenters. The molecule has 27 heavy (non-hydrogen) atoms. The van der Waals surface area contributed by atoms with Gasteiger partial charge in [0.15, 0.2) is 0 Å². The highest BCUT2D eigenvalue weighted by atomic mass is 32.2. The summed E-state index contributed by atoms with van der Waals surface area (Å²) in [4.78, 5) is 16.8. The van der Waals surface area contributed by atoms with Crippen LogP contribution in [0.4, 0.5) is 5.95 Å². The zero-order valence-corrected chi connectivity index (χ0v) is 16.3. The predicted molar refractivity (Wildman–Crippen MR) is 102 cm³/mol. The number of aromatic nitrogens is 2. The molecule has 1 saturated heterocycles. The Hall–Kier alpha value is -2.39. The number of carbonyl (C=O) groups excluding carboxylic acids is 1. The van der Waals surface area contributed by atoms with Crippen molar-refractivity contribution in [2.75, 3.05) is 31.8 Å². The van der Waals surface area contributed by atoms with Crippen molar-refractivity contribution in [1.82, 2.24) is 13.9 Å². The first-order chi connectivity index (χ1) is 12.9. The molecular formula is C18H24N4O4S. The predicted octanol–water partition coefficient (Wildman–Crippen LogP) is 1.55. The topological polar surface area (TPSA) is 93.5 Å². The van der Waals surface area contributed by atoms with Gasteiger partial charge in [0.1, 0.15) is 5.75 Å². The number of nitrogens with one attached hydrogen (secondary N) is 1. The molecule has 1 fully saturated rings. The van der Waals surface area contributed by atoms with E-state index in [1.165, 1.54) is 10.6 Å². The number of imidazole rings is 1. The van der Waals surface area contributed by atoms with Crippen LogP contribution < -0.4 is 10.1 Å². The van der Waals surface area contributed by atoms with Crippen molar-refractivity contribution >= 4 is 21.9 Å². The highest BCUT2D eigenvalue weighted by Crippen LogP contribution is 2.21. The second-order valence-electron chi connectivity index (χ2n) is 6.68. The first kappa shape index (κ1) is 19.4. The fourth-order valence-corrected chi connectivity index (χ4v) is 4.07. The van der Waals surface area contributed by atoms with Gasteiger partial charge >= 0.3 is 0 Å². The van der Waals surface area contributed by atoms with Crippen LogP contribution in [0.3, 0.4) is 0 Å². The number of hydrogen-bond acceptors (Lipinski definition) is 5. The zero-order chi connectivity index (χ0) is 19.4. The standard InChI is InChI=1S/C18H24N4O4S/c1-26-16-7-5-14(6-8-16)12-21-11-9-19-18(21)20-17(23)15-4-3-10-22(13-15)27(2,24)25/h5-9,11,15H,3-4,10,12-13H2,1-2H3,(H,19,20,23). The van der Waals surface area contributed by atoms with E-state index in [0.717, 1.165) is 11.3 Å². The maximum Gasteiger partial charge on any atom is 0.231 e. The lowest BCUT2D eigenvalue weighted by Gasteiger charge is -2.30. The summed E-state index contributed by atoms with van der Waals surface area (Å²) < 4.78 is 31.9. The molecule has 0 aliphatic carbocycles. The van der Waals surface area contributed by atoms with E-state index in [-0.39, 0.29) is 18.4 Å². The second kappa shape index (κ2) is 8.10. The Kier molecular flexibility index (Phi) is 5.81. The van der Waals surface area contributed by atoms with Crippen molar-refractivity contribution in [2.45, 2.75) is 19.4 Å². The lowest BCUT2D eigenvalue weighted by molar-refractivity contribution is -0.120. The van der Waals surface area contributed by atoms with Crippen LogP contribution in [0.1, 0.15) is 18.4 Å². The molecule has 0 spiro atoms. The Bertz CT molecular complexity index is 892. The van der Waals surface area contributed by atoms with Gasteiger partial charge in [-0.2, -0.15) is 0 Å². The summed E-state index contributed by atoms with van der Waals surface area (Å²) >= 11 is 0. The van der Waals surface area contributed by atoms with Crippen molar-refractivity contribution < 1.29 is 17.9 Å². The van der Waals surface area contributed by atoms with Crippen LogP contribution in [0.25, 0.3) is 0 Å². The monoisotopic (exact) mass is 392 g/mol. The van der Waals surface area contributed by atoms with Gasteiger partial charge < -0.3 is 9.30 Å². The summed E-state index contributed by atoms with van der Waals surface area (Å²) in [5.41, 5.74) is 1.05. The molecule has 2 aromatic rings. The fraction of sp³-hybridized carbons (Fsp3) is 0.444. The fourth-order valence-electron chi connectivity index (χ4n) is 3.16. The SMILES string of the molecule is COc1ccc(Cn2ccnc2NC(=O)C2CCCN(S(C)(=O)=O)C2)cc1. The van der Waals surface area contributed by atoms with Crippen LogP contribution in [-0.2, 0) is 21.4 Å². The van der Waals surface area contributed by atoms with E-state index in [1.54, 1.807) is 19.5 Å². The van der Waals surface area contributed by atoms with Gasteiger partial charge in [-0.25, -0.2) is 17.7 Å². The quantitative estimate of drug-likeness (QED) is 0.805. The van der Waals surface area contributed by atoms with E-state index in [0.29, 0.717) is 31.9 Å². The number of piperidine rings is 1. The third kappa shape index (κ3) is 4.86. The number of carbonyl (C=O) groups is 1. The third-order valence-electron chi connectivity index (χ3n) is 4.69. The molecule has 1 amide bonds. The third-order valence-corrected chi connectivity index (χ3v) is 5.96. The van der Waals surface area contributed by atoms with Crippen LogP contribution in [-0.4, -0.2) is 54.6 Å². The zero-order valence-electron chi connectivity index (χ0n) is 15.5. The molecule has 1 aliphatic heterocycles. The summed E-state index contributed by atoms with van der Waals surface area (Å²) in [6, 6.07) is 7.67. The number of hydrogen-bond donors (Lipinski definition) is 1. The number of sulfonamides is 1. The number of anilines is 1. The van der Waals surface area contributed by atoms with Gasteiger partial charge in [0.05, 0.1) is 25.8 Å². The Morgan fingerprint density at radius 2 is 2.07 bits per heavy atom. The largest absolute Gasteiger partial charge is 0.497 e. The highest BCUT2D eigenvalue weighted by molar-refractivity contribution is 7.88. The lowest BCUT2D eigenvalue weighted by Crippen LogP contribution is -2.43. The van der Waals surface area contributed by atoms with Crippen molar-refractivity contribution in [3.05, 3.63) is 42.2 Å². The normalized spacial score (nSPS) is 18.2. The average molecular weight is 392 g/mol. The van der Waals surface area contributed by atoms with Gasteiger partial charge in [0.2, 0.25) is 21.9 Å². The summed E-state index contributed by atoms with van der Waals surface area (Å²) in [6.45, 7) is 1.23. The van der Waals surface area contributed by atoms with E-state index >= 15 is 0 Å². The molecule has 0 bridgehead atoms. The van der Waals surface area contributed by atoms with Crippen molar-refractivity contribution in [3.63, 3.8) is 0 Å². The van der Waals surface area contributed by atoms with E-state index in [9.17, 15) is 13.2 Å². The van der Waals surface area contributed by atoms with Crippen molar-refractivity contribution in [2.24, 2.45) is 5.92 Å². The average Bonchev–Trinajstić information content (AvgIpc) is 3.08. The molecule has 0 radical (unpaired) electrons. The van der Waals surface area contributed by atoms with Gasteiger partial charge in [0.25, 0.3) is 0 Å². The molecule has 1 unspecified atom stereocenters. The minimum Gasteiger partial charge on any atom is -0.497 e. The second-order valence-corrected chi connectivity index (χ2v) is 8.66. The number of benzene rings is 1. The highest BCUT2D eigenvalue weighted by Gasteiger charge is 2.30. The Balaban J connectivity index is 1.66. The Morgan fingerprint density at radius 3 is 2.74 bits per heavy atom. The molecule has 9 heteroatoms. The van der Waals surface area contributed by atoms with Gasteiger partial charge in [-0.15, -0.1) is 0 Å². The van der Waals surface area contributed by atoms with Crippen LogP contribution in [0, 0.1) is 5.92 Å². The number of amides is 1. The number of methoxy groups -OCH3 is 1. The van der Waals surface area contributed by atoms with Gasteiger partial charge in [0, 0.05) is 25.5 Å². The Labute approximate surface area is 159 Å². The minimum atomic E-state index is -3.29. The van der Waals surface area contributed by atoms with Gasteiger partial charge in [-0.3, -0.25) is 10.1 Å². The molecular weight excluding hydrogens is 368 g/mol. The van der Waals surface area contributed by atoms with Gasteiger partial charge in [-0.1, -0.05) is 12.1 Å². The number of nitrogens with zero attached hydrogens (tertiary/aromatic N) is 3. The molecule has 2 heterocycles. The lowest BCUT2D eigenvalue weighted by atomic mass is 9.99. The van der Waals surface area contributed by atoms with Crippen molar-refractivity contribution in [1.29, 1.82) is 0 Å². The summed E-state index contributed by atoms with van der Waals surface area (Å²) in [5, 5.41) is 2.84. The maximum atomic E-state index is 12.6. The van der Waals surface area contributed by atoms with E-state index in [1.807, 2.05) is 28.8 Å². The van der Waals surface area contributed by atoms with Crippen molar-refractivity contribution in [3.8, 4) is 5.75 Å². The smallest absolute Gasteiger partial charge is 0.231 e. The van der Waals surface area contributed by atoms with Gasteiger partial charge in [-0.05, 0) is 30.5 Å². The van der Waals surface area contributed by atoms with E-state index < -0.39 is 10.0 Å². The molecule has 146 valence electrons. The first-order valence-corrected chi connectivity index (χ1v) is 10.6. The summed E-state index contributed by atoms with van der Waals surface area (Å²) in [5.74, 6) is 0.656. The van der Waals surface area contributed by atoms with Crippen LogP contribution in [0.2, 0.25) is 0 Å². The number of rotatable bonds is 6. The molecule has 1 aromatic carbocycles. The molecule has 8 nitrogen and oxygen atoms in total. The first-order valence-electron chi connectivity index (χ1n) is 8.77. The van der Waals surface area contributed by atoms with E-state index in [2.05, 4.69) is 10.3 Å². The number of ether oxygens (including phenoxy) is 1. The minimum absolute atomic E-state index is 0.203. The molecule has 3 rings (SSSR count). The molecule has 1 aromatic heterocycles. The maximum absolute atomic E-state index is 12.6. The van der Waals surface area contributed by atoms with E-state index in [4.69, 9.17) is 4.74 Å². The van der Waals surface area contributed by atoms with Crippen LogP contribution in [0.5, 0.6) is 5.75 Å². The van der Waals surface area contributed by atoms with Crippen LogP contribution in [0.15, 0.2) is 36.7 Å². The molecule has 1 aliphatic rings. The summed E-state index contributed by atoms with van der Waals surface area (Å²) in [6.07, 6.45) is 5.93. The summed E-state index contributed by atoms with van der Waals surface area (Å²) in [7, 11) is -1.67. The Morgan fingerprint density at radius 1 is 1.33 bits per heavy atom. The molecule has 0 saturated carbocycles. The molecule has 1 N–H and O–H groups in total. The van der Waals surface area contributed by atoms with Crippen LogP contribution >= 0.6 is 0 Å².